The van der Waals surface area contributed by atoms with Crippen LogP contribution in [-0.4, -0.2) is 38.2 Å². The molecule has 2 aromatic heterocycles. The van der Waals surface area contributed by atoms with E-state index >= 15 is 0 Å². The second kappa shape index (κ2) is 4.78. The number of hydrogen-bond acceptors (Lipinski definition) is 5. The first-order valence-corrected chi connectivity index (χ1v) is 6.71. The maximum Gasteiger partial charge on any atom is 0.332 e. The zero-order chi connectivity index (χ0) is 14.3. The maximum absolute atomic E-state index is 12.0. The van der Waals surface area contributed by atoms with Crippen LogP contribution in [-0.2, 0) is 14.1 Å². The fraction of sp³-hybridized carbons (Fsp3) is 0.583. The fourth-order valence-electron chi connectivity index (χ4n) is 2.56. The third kappa shape index (κ3) is 2.01. The molecule has 1 unspecified atom stereocenters. The lowest BCUT2D eigenvalue weighted by atomic mass is 10.2. The average molecular weight is 278 g/mol. The summed E-state index contributed by atoms with van der Waals surface area (Å²) >= 11 is 0. The van der Waals surface area contributed by atoms with Gasteiger partial charge in [-0.3, -0.25) is 13.9 Å². The van der Waals surface area contributed by atoms with Gasteiger partial charge < -0.3 is 15.6 Å². The topological polar surface area (TPSA) is 96.7 Å². The van der Waals surface area contributed by atoms with E-state index in [1.165, 1.54) is 18.0 Å². The number of rotatable bonds is 3. The highest BCUT2D eigenvalue weighted by atomic mass is 16.2. The summed E-state index contributed by atoms with van der Waals surface area (Å²) in [7, 11) is 3.06. The van der Waals surface area contributed by atoms with Crippen molar-refractivity contribution >= 4 is 17.1 Å². The van der Waals surface area contributed by atoms with Crippen LogP contribution in [0, 0.1) is 0 Å². The Labute approximate surface area is 114 Å². The minimum atomic E-state index is -0.377. The van der Waals surface area contributed by atoms with Gasteiger partial charge in [-0.25, -0.2) is 4.79 Å². The van der Waals surface area contributed by atoms with Gasteiger partial charge in [-0.1, -0.05) is 0 Å². The Bertz CT molecular complexity index is 750. The molecule has 20 heavy (non-hydrogen) atoms. The molecule has 3 rings (SSSR count). The van der Waals surface area contributed by atoms with Gasteiger partial charge in [-0.2, -0.15) is 4.98 Å². The maximum atomic E-state index is 12.0. The molecule has 2 aromatic rings. The number of aryl methyl sites for hydroxylation is 1. The highest BCUT2D eigenvalue weighted by molar-refractivity contribution is 5.72. The fourth-order valence-corrected chi connectivity index (χ4v) is 2.56. The largest absolute Gasteiger partial charge is 0.354 e. The second-order valence-corrected chi connectivity index (χ2v) is 5.16. The minimum absolute atomic E-state index is 0.344. The molecule has 1 aliphatic heterocycles. The lowest BCUT2D eigenvalue weighted by Crippen LogP contribution is -2.36. The average Bonchev–Trinajstić information content (AvgIpc) is 3.09. The summed E-state index contributed by atoms with van der Waals surface area (Å²) in [5.41, 5.74) is -0.0166. The molecule has 1 saturated heterocycles. The number of anilines is 1. The zero-order valence-electron chi connectivity index (χ0n) is 11.6. The van der Waals surface area contributed by atoms with Crippen molar-refractivity contribution in [3.63, 3.8) is 0 Å². The van der Waals surface area contributed by atoms with Crippen LogP contribution in [0.3, 0.4) is 0 Å². The van der Waals surface area contributed by atoms with Crippen LogP contribution in [0.15, 0.2) is 9.59 Å². The number of hydrogen-bond donors (Lipinski definition) is 3. The summed E-state index contributed by atoms with van der Waals surface area (Å²) < 4.78 is 2.44. The number of nitrogens with zero attached hydrogens (tertiary/aromatic N) is 3. The van der Waals surface area contributed by atoms with Crippen molar-refractivity contribution < 1.29 is 0 Å². The van der Waals surface area contributed by atoms with Gasteiger partial charge in [0.15, 0.2) is 11.2 Å². The summed E-state index contributed by atoms with van der Waals surface area (Å²) in [4.78, 5) is 31.1. The standard InChI is InChI=1S/C12H18N6O2/c1-17-9-8(10(19)18(2)12(17)20)15-11(16-9)14-6-7-4-3-5-13-7/h7,13H,3-6H2,1-2H3,(H2,14,15,16). The first kappa shape index (κ1) is 12.9. The van der Waals surface area contributed by atoms with Crippen LogP contribution < -0.4 is 21.9 Å². The SMILES string of the molecule is Cn1c(=O)c2[nH]c(NCC3CCCN3)nc2n(C)c1=O. The molecule has 1 aliphatic rings. The van der Waals surface area contributed by atoms with E-state index < -0.39 is 0 Å². The monoisotopic (exact) mass is 278 g/mol. The molecule has 1 atom stereocenters. The molecular weight excluding hydrogens is 260 g/mol. The van der Waals surface area contributed by atoms with E-state index in [0.29, 0.717) is 23.2 Å². The lowest BCUT2D eigenvalue weighted by Gasteiger charge is -2.09. The van der Waals surface area contributed by atoms with Crippen LogP contribution in [0.5, 0.6) is 0 Å². The van der Waals surface area contributed by atoms with Crippen LogP contribution in [0.1, 0.15) is 12.8 Å². The zero-order valence-corrected chi connectivity index (χ0v) is 11.6. The summed E-state index contributed by atoms with van der Waals surface area (Å²) in [6.45, 7) is 1.79. The van der Waals surface area contributed by atoms with Gasteiger partial charge in [0.05, 0.1) is 0 Å². The van der Waals surface area contributed by atoms with Crippen LogP contribution >= 0.6 is 0 Å². The summed E-state index contributed by atoms with van der Waals surface area (Å²) in [5.74, 6) is 0.520. The Morgan fingerprint density at radius 2 is 2.15 bits per heavy atom. The van der Waals surface area contributed by atoms with Crippen molar-refractivity contribution in [2.24, 2.45) is 14.1 Å². The van der Waals surface area contributed by atoms with Gasteiger partial charge in [0.1, 0.15) is 0 Å². The molecule has 0 amide bonds. The molecule has 0 aromatic carbocycles. The van der Waals surface area contributed by atoms with Gasteiger partial charge in [-0.15, -0.1) is 0 Å². The van der Waals surface area contributed by atoms with E-state index in [0.717, 1.165) is 24.1 Å². The smallest absolute Gasteiger partial charge is 0.332 e. The van der Waals surface area contributed by atoms with E-state index in [1.54, 1.807) is 7.05 Å². The Hall–Kier alpha value is -2.09. The third-order valence-corrected chi connectivity index (χ3v) is 3.77. The number of imidazole rings is 1. The van der Waals surface area contributed by atoms with E-state index in [4.69, 9.17) is 0 Å². The van der Waals surface area contributed by atoms with Gasteiger partial charge in [0.2, 0.25) is 5.95 Å². The second-order valence-electron chi connectivity index (χ2n) is 5.16. The number of aromatic nitrogens is 4. The molecule has 1 fully saturated rings. The van der Waals surface area contributed by atoms with Gasteiger partial charge in [-0.05, 0) is 19.4 Å². The quantitative estimate of drug-likeness (QED) is 0.678. The Balaban J connectivity index is 1.94. The number of H-pyrrole nitrogens is 1. The van der Waals surface area contributed by atoms with E-state index in [1.807, 2.05) is 0 Å². The van der Waals surface area contributed by atoms with E-state index in [9.17, 15) is 9.59 Å². The first-order chi connectivity index (χ1) is 9.58. The predicted molar refractivity (Wildman–Crippen MR) is 76.1 cm³/mol. The molecule has 108 valence electrons. The molecule has 0 saturated carbocycles. The molecule has 8 nitrogen and oxygen atoms in total. The highest BCUT2D eigenvalue weighted by Gasteiger charge is 2.16. The Kier molecular flexibility index (Phi) is 3.09. The van der Waals surface area contributed by atoms with E-state index in [2.05, 4.69) is 20.6 Å². The molecule has 0 spiro atoms. The molecule has 0 bridgehead atoms. The van der Waals surface area contributed by atoms with Crippen molar-refractivity contribution in [3.05, 3.63) is 20.8 Å². The van der Waals surface area contributed by atoms with Crippen molar-refractivity contribution in [1.29, 1.82) is 0 Å². The molecular formula is C12H18N6O2. The third-order valence-electron chi connectivity index (χ3n) is 3.77. The first-order valence-electron chi connectivity index (χ1n) is 6.71. The molecule has 0 radical (unpaired) electrons. The number of aromatic amines is 1. The van der Waals surface area contributed by atoms with Crippen molar-refractivity contribution in [3.8, 4) is 0 Å². The summed E-state index contributed by atoms with van der Waals surface area (Å²) in [6.07, 6.45) is 2.31. The van der Waals surface area contributed by atoms with Gasteiger partial charge in [0.25, 0.3) is 5.56 Å². The number of fused-ring (bicyclic) bond motifs is 1. The van der Waals surface area contributed by atoms with Crippen LogP contribution in [0.25, 0.3) is 11.2 Å². The molecule has 3 N–H and O–H groups in total. The van der Waals surface area contributed by atoms with Crippen LogP contribution in [0.4, 0.5) is 5.95 Å². The van der Waals surface area contributed by atoms with Crippen molar-refractivity contribution in [1.82, 2.24) is 24.4 Å². The minimum Gasteiger partial charge on any atom is -0.354 e. The highest BCUT2D eigenvalue weighted by Crippen LogP contribution is 2.10. The van der Waals surface area contributed by atoms with Gasteiger partial charge >= 0.3 is 5.69 Å². The summed E-state index contributed by atoms with van der Waals surface area (Å²) in [6, 6.07) is 0.426. The Morgan fingerprint density at radius 3 is 2.85 bits per heavy atom. The Morgan fingerprint density at radius 1 is 1.35 bits per heavy atom. The molecule has 8 heteroatoms. The van der Waals surface area contributed by atoms with Crippen molar-refractivity contribution in [2.45, 2.75) is 18.9 Å². The summed E-state index contributed by atoms with van der Waals surface area (Å²) in [5, 5.41) is 6.55. The van der Waals surface area contributed by atoms with E-state index in [-0.39, 0.29) is 11.2 Å². The molecule has 3 heterocycles. The predicted octanol–water partition coefficient (Wildman–Crippen LogP) is -0.876. The lowest BCUT2D eigenvalue weighted by molar-refractivity contribution is 0.631. The van der Waals surface area contributed by atoms with Gasteiger partial charge in [0, 0.05) is 26.7 Å². The normalized spacial score (nSPS) is 18.8. The number of nitrogens with one attached hydrogen (secondary N) is 3. The molecule has 0 aliphatic carbocycles. The van der Waals surface area contributed by atoms with Crippen molar-refractivity contribution in [2.75, 3.05) is 18.4 Å². The van der Waals surface area contributed by atoms with Crippen LogP contribution in [0.2, 0.25) is 0 Å².